The van der Waals surface area contributed by atoms with E-state index in [0.29, 0.717) is 18.0 Å². The number of anilines is 1. The quantitative estimate of drug-likeness (QED) is 0.276. The lowest BCUT2D eigenvalue weighted by molar-refractivity contribution is -0.140. The maximum absolute atomic E-state index is 14.1. The van der Waals surface area contributed by atoms with Crippen LogP contribution in [0.1, 0.15) is 32.3 Å². The summed E-state index contributed by atoms with van der Waals surface area (Å²) in [5, 5.41) is 3.65. The van der Waals surface area contributed by atoms with Crippen LogP contribution in [0.15, 0.2) is 77.7 Å². The first-order chi connectivity index (χ1) is 19.1. The molecule has 3 aromatic rings. The van der Waals surface area contributed by atoms with Crippen LogP contribution in [0.4, 0.5) is 5.69 Å². The van der Waals surface area contributed by atoms with Crippen LogP contribution in [0, 0.1) is 0 Å². The molecule has 3 aromatic carbocycles. The SMILES string of the molecule is CCCNC(=O)[C@H](CC)N(Cc1ccc(Cl)cc1)C(=O)CN(c1cc(Cl)ccc1OC)S(=O)(=O)c1ccccc1. The smallest absolute Gasteiger partial charge is 0.264 e. The summed E-state index contributed by atoms with van der Waals surface area (Å²) in [7, 11) is -2.85. The fourth-order valence-electron chi connectivity index (χ4n) is 4.16. The van der Waals surface area contributed by atoms with E-state index >= 15 is 0 Å². The molecule has 0 unspecified atom stereocenters. The van der Waals surface area contributed by atoms with Gasteiger partial charge in [-0.3, -0.25) is 13.9 Å². The van der Waals surface area contributed by atoms with Crippen LogP contribution in [0.5, 0.6) is 5.75 Å². The average Bonchev–Trinajstić information content (AvgIpc) is 2.95. The highest BCUT2D eigenvalue weighted by molar-refractivity contribution is 7.92. The predicted molar refractivity (Wildman–Crippen MR) is 158 cm³/mol. The minimum Gasteiger partial charge on any atom is -0.495 e. The number of rotatable bonds is 13. The summed E-state index contributed by atoms with van der Waals surface area (Å²) in [6.07, 6.45) is 1.05. The third-order valence-corrected chi connectivity index (χ3v) is 8.48. The molecule has 3 rings (SSSR count). The van der Waals surface area contributed by atoms with Gasteiger partial charge in [0.2, 0.25) is 11.8 Å². The molecule has 11 heteroatoms. The Balaban J connectivity index is 2.10. The van der Waals surface area contributed by atoms with E-state index in [1.807, 2.05) is 6.92 Å². The minimum absolute atomic E-state index is 0.0122. The van der Waals surface area contributed by atoms with Gasteiger partial charge in [-0.05, 0) is 60.9 Å². The molecule has 0 radical (unpaired) electrons. The molecule has 40 heavy (non-hydrogen) atoms. The van der Waals surface area contributed by atoms with Gasteiger partial charge in [-0.2, -0.15) is 0 Å². The van der Waals surface area contributed by atoms with Gasteiger partial charge in [-0.25, -0.2) is 8.42 Å². The summed E-state index contributed by atoms with van der Waals surface area (Å²) in [6, 6.07) is 18.4. The van der Waals surface area contributed by atoms with E-state index in [9.17, 15) is 18.0 Å². The van der Waals surface area contributed by atoms with Gasteiger partial charge in [0.25, 0.3) is 10.0 Å². The molecule has 0 spiro atoms. The highest BCUT2D eigenvalue weighted by Gasteiger charge is 2.34. The number of benzene rings is 3. The van der Waals surface area contributed by atoms with Crippen LogP contribution in [0.25, 0.3) is 0 Å². The lowest BCUT2D eigenvalue weighted by Crippen LogP contribution is -2.52. The van der Waals surface area contributed by atoms with Crippen molar-refractivity contribution in [3.05, 3.63) is 88.4 Å². The van der Waals surface area contributed by atoms with E-state index in [4.69, 9.17) is 27.9 Å². The fraction of sp³-hybridized carbons (Fsp3) is 0.310. The number of hydrogen-bond donors (Lipinski definition) is 1. The fourth-order valence-corrected chi connectivity index (χ4v) is 5.89. The van der Waals surface area contributed by atoms with E-state index < -0.39 is 28.5 Å². The van der Waals surface area contributed by atoms with Crippen LogP contribution < -0.4 is 14.4 Å². The molecule has 0 saturated heterocycles. The van der Waals surface area contributed by atoms with Crippen molar-refractivity contribution in [3.63, 3.8) is 0 Å². The number of hydrogen-bond acceptors (Lipinski definition) is 5. The molecule has 0 heterocycles. The van der Waals surface area contributed by atoms with Crippen molar-refractivity contribution in [1.29, 1.82) is 0 Å². The number of nitrogens with zero attached hydrogens (tertiary/aromatic N) is 2. The molecular formula is C29H33Cl2N3O5S. The number of carbonyl (C=O) groups is 2. The third-order valence-electron chi connectivity index (χ3n) is 6.22. The Kier molecular flexibility index (Phi) is 11.2. The van der Waals surface area contributed by atoms with E-state index in [2.05, 4.69) is 5.32 Å². The topological polar surface area (TPSA) is 96.0 Å². The van der Waals surface area contributed by atoms with Crippen LogP contribution in [0.3, 0.4) is 0 Å². The van der Waals surface area contributed by atoms with Gasteiger partial charge in [-0.15, -0.1) is 0 Å². The number of methoxy groups -OCH3 is 1. The van der Waals surface area contributed by atoms with E-state index in [0.717, 1.165) is 16.3 Å². The van der Waals surface area contributed by atoms with Crippen molar-refractivity contribution in [3.8, 4) is 5.75 Å². The lowest BCUT2D eigenvalue weighted by Gasteiger charge is -2.33. The van der Waals surface area contributed by atoms with Gasteiger partial charge in [-0.1, -0.05) is 67.4 Å². The number of nitrogens with one attached hydrogen (secondary N) is 1. The van der Waals surface area contributed by atoms with Crippen molar-refractivity contribution in [2.24, 2.45) is 0 Å². The number of carbonyl (C=O) groups excluding carboxylic acids is 2. The highest BCUT2D eigenvalue weighted by atomic mass is 35.5. The Labute approximate surface area is 245 Å². The average molecular weight is 607 g/mol. The normalized spacial score (nSPS) is 11.9. The summed E-state index contributed by atoms with van der Waals surface area (Å²) in [6.45, 7) is 3.66. The monoisotopic (exact) mass is 605 g/mol. The van der Waals surface area contributed by atoms with Gasteiger partial charge in [0.1, 0.15) is 18.3 Å². The second-order valence-electron chi connectivity index (χ2n) is 9.00. The van der Waals surface area contributed by atoms with Crippen molar-refractivity contribution in [2.75, 3.05) is 24.5 Å². The van der Waals surface area contributed by atoms with Crippen molar-refractivity contribution < 1.29 is 22.7 Å². The van der Waals surface area contributed by atoms with Gasteiger partial charge in [0.05, 0.1) is 17.7 Å². The molecule has 0 aliphatic heterocycles. The largest absolute Gasteiger partial charge is 0.495 e. The van der Waals surface area contributed by atoms with Gasteiger partial charge in [0.15, 0.2) is 0 Å². The molecule has 214 valence electrons. The highest BCUT2D eigenvalue weighted by Crippen LogP contribution is 2.35. The van der Waals surface area contributed by atoms with Crippen molar-refractivity contribution >= 4 is 50.7 Å². The van der Waals surface area contributed by atoms with Crippen LogP contribution in [-0.2, 0) is 26.2 Å². The number of amides is 2. The molecule has 0 fully saturated rings. The van der Waals surface area contributed by atoms with E-state index in [-0.39, 0.29) is 33.8 Å². The van der Waals surface area contributed by atoms with Crippen molar-refractivity contribution in [2.45, 2.75) is 44.2 Å². The number of halogens is 2. The van der Waals surface area contributed by atoms with Crippen LogP contribution in [-0.4, -0.2) is 51.4 Å². The molecule has 2 amide bonds. The summed E-state index contributed by atoms with van der Waals surface area (Å²) < 4.78 is 34.3. The van der Waals surface area contributed by atoms with Crippen molar-refractivity contribution in [1.82, 2.24) is 10.2 Å². The van der Waals surface area contributed by atoms with Gasteiger partial charge < -0.3 is 15.0 Å². The van der Waals surface area contributed by atoms with Crippen LogP contribution in [0.2, 0.25) is 10.0 Å². The summed E-state index contributed by atoms with van der Waals surface area (Å²) in [5.41, 5.74) is 0.833. The summed E-state index contributed by atoms with van der Waals surface area (Å²) >= 11 is 12.3. The first-order valence-electron chi connectivity index (χ1n) is 12.8. The standard InChI is InChI=1S/C29H33Cl2N3O5S/c1-4-17-32-29(36)25(5-2)33(19-21-11-13-22(30)14-12-21)28(35)20-34(26-18-23(31)15-16-27(26)39-3)40(37,38)24-9-7-6-8-10-24/h6-16,18,25H,4-5,17,19-20H2,1-3H3,(H,32,36)/t25-/m0/s1. The Hall–Kier alpha value is -3.27. The van der Waals surface area contributed by atoms with Gasteiger partial charge in [0, 0.05) is 23.1 Å². The molecule has 0 saturated carbocycles. The first-order valence-corrected chi connectivity index (χ1v) is 15.0. The molecule has 0 aliphatic carbocycles. The Morgan fingerprint density at radius 1 is 0.950 bits per heavy atom. The predicted octanol–water partition coefficient (Wildman–Crippen LogP) is 5.53. The second kappa shape index (κ2) is 14.4. The zero-order chi connectivity index (χ0) is 29.3. The van der Waals surface area contributed by atoms with E-state index in [1.54, 1.807) is 55.5 Å². The molecule has 0 aromatic heterocycles. The zero-order valence-corrected chi connectivity index (χ0v) is 25.0. The molecule has 8 nitrogen and oxygen atoms in total. The molecule has 1 N–H and O–H groups in total. The molecule has 1 atom stereocenters. The number of sulfonamides is 1. The Morgan fingerprint density at radius 2 is 1.60 bits per heavy atom. The minimum atomic E-state index is -4.25. The summed E-state index contributed by atoms with van der Waals surface area (Å²) in [4.78, 5) is 28.6. The zero-order valence-electron chi connectivity index (χ0n) is 22.6. The van der Waals surface area contributed by atoms with Crippen LogP contribution >= 0.6 is 23.2 Å². The van der Waals surface area contributed by atoms with E-state index in [1.165, 1.54) is 36.3 Å². The summed E-state index contributed by atoms with van der Waals surface area (Å²) in [5.74, 6) is -0.673. The molecule has 0 bridgehead atoms. The molecular weight excluding hydrogens is 573 g/mol. The Bertz CT molecular complexity index is 1400. The Morgan fingerprint density at radius 3 is 2.20 bits per heavy atom. The third kappa shape index (κ3) is 7.68. The maximum atomic E-state index is 14.1. The lowest BCUT2D eigenvalue weighted by atomic mass is 10.1. The van der Waals surface area contributed by atoms with Gasteiger partial charge >= 0.3 is 0 Å². The number of ether oxygens (including phenoxy) is 1. The second-order valence-corrected chi connectivity index (χ2v) is 11.7. The first kappa shape index (κ1) is 31.3. The molecule has 0 aliphatic rings. The maximum Gasteiger partial charge on any atom is 0.264 e.